The summed E-state index contributed by atoms with van der Waals surface area (Å²) in [5.74, 6) is -1.75. The van der Waals surface area contributed by atoms with E-state index in [9.17, 15) is 13.6 Å². The fourth-order valence-corrected chi connectivity index (χ4v) is 2.76. The van der Waals surface area contributed by atoms with Crippen molar-refractivity contribution in [3.8, 4) is 0 Å². The predicted octanol–water partition coefficient (Wildman–Crippen LogP) is 3.80. The normalized spacial score (nSPS) is 17.1. The molecule has 1 amide bonds. The number of nitrogens with one attached hydrogen (secondary N) is 1. The van der Waals surface area contributed by atoms with Crippen LogP contribution in [-0.2, 0) is 0 Å². The van der Waals surface area contributed by atoms with Gasteiger partial charge in [-0.1, -0.05) is 6.92 Å². The number of hydrogen-bond donors (Lipinski definition) is 1. The molecule has 0 aromatic heterocycles. The van der Waals surface area contributed by atoms with Crippen molar-refractivity contribution in [2.24, 2.45) is 0 Å². The molecule has 0 aliphatic carbocycles. The number of halogens is 2. The van der Waals surface area contributed by atoms with Crippen LogP contribution < -0.4 is 5.32 Å². The first-order chi connectivity index (χ1) is 9.86. The van der Waals surface area contributed by atoms with E-state index in [1.165, 1.54) is 0 Å². The Morgan fingerprint density at radius 1 is 1.33 bits per heavy atom. The Morgan fingerprint density at radius 3 is 2.43 bits per heavy atom. The van der Waals surface area contributed by atoms with Gasteiger partial charge in [0.25, 0.3) is 5.91 Å². The van der Waals surface area contributed by atoms with Crippen molar-refractivity contribution in [1.82, 2.24) is 4.90 Å². The molecule has 1 saturated heterocycles. The number of rotatable bonds is 4. The molecule has 0 unspecified atom stereocenters. The number of likely N-dealkylation sites (tertiary alicyclic amines) is 1. The number of carbonyl (C=O) groups excluding carboxylic acids is 1. The molecule has 1 N–H and O–H groups in total. The van der Waals surface area contributed by atoms with Crippen LogP contribution >= 0.6 is 0 Å². The Bertz CT molecular complexity index is 520. The number of carbonyl (C=O) groups is 1. The van der Waals surface area contributed by atoms with Crippen molar-refractivity contribution < 1.29 is 13.6 Å². The van der Waals surface area contributed by atoms with Gasteiger partial charge in [0.05, 0.1) is 0 Å². The first-order valence-electron chi connectivity index (χ1n) is 7.41. The van der Waals surface area contributed by atoms with Gasteiger partial charge >= 0.3 is 0 Å². The second kappa shape index (κ2) is 6.00. The van der Waals surface area contributed by atoms with Gasteiger partial charge in [-0.3, -0.25) is 4.79 Å². The Labute approximate surface area is 124 Å². The van der Waals surface area contributed by atoms with Crippen LogP contribution in [-0.4, -0.2) is 29.4 Å². The van der Waals surface area contributed by atoms with E-state index >= 15 is 0 Å². The highest BCUT2D eigenvalue weighted by Crippen LogP contribution is 2.31. The fourth-order valence-electron chi connectivity index (χ4n) is 2.76. The predicted molar refractivity (Wildman–Crippen MR) is 79.5 cm³/mol. The van der Waals surface area contributed by atoms with E-state index in [0.717, 1.165) is 31.4 Å². The average Bonchev–Trinajstić information content (AvgIpc) is 2.76. The molecule has 21 heavy (non-hydrogen) atoms. The van der Waals surface area contributed by atoms with Crippen molar-refractivity contribution in [3.63, 3.8) is 0 Å². The lowest BCUT2D eigenvalue weighted by Crippen LogP contribution is -2.42. The van der Waals surface area contributed by atoms with Gasteiger partial charge in [-0.15, -0.1) is 0 Å². The lowest BCUT2D eigenvalue weighted by molar-refractivity contribution is 0.0651. The Hall–Kier alpha value is -1.65. The maximum Gasteiger partial charge on any atom is 0.254 e. The van der Waals surface area contributed by atoms with Crippen molar-refractivity contribution >= 4 is 11.6 Å². The third-order valence-corrected chi connectivity index (χ3v) is 3.99. The maximum absolute atomic E-state index is 14.0. The molecule has 1 fully saturated rings. The minimum Gasteiger partial charge on any atom is -0.380 e. The van der Waals surface area contributed by atoms with E-state index in [1.54, 1.807) is 4.90 Å². The Balaban J connectivity index is 2.27. The molecule has 3 nitrogen and oxygen atoms in total. The summed E-state index contributed by atoms with van der Waals surface area (Å²) in [7, 11) is 0. The summed E-state index contributed by atoms with van der Waals surface area (Å²) >= 11 is 0. The van der Waals surface area contributed by atoms with Gasteiger partial charge in [-0.05, 0) is 45.2 Å². The molecule has 1 aliphatic heterocycles. The van der Waals surface area contributed by atoms with Crippen LogP contribution in [0.15, 0.2) is 12.1 Å². The lowest BCUT2D eigenvalue weighted by Gasteiger charge is -2.31. The van der Waals surface area contributed by atoms with Gasteiger partial charge in [-0.2, -0.15) is 0 Å². The molecule has 1 heterocycles. The third kappa shape index (κ3) is 3.17. The average molecular weight is 296 g/mol. The quantitative estimate of drug-likeness (QED) is 0.916. The van der Waals surface area contributed by atoms with Crippen LogP contribution in [0.3, 0.4) is 0 Å². The lowest BCUT2D eigenvalue weighted by atomic mass is 10.0. The zero-order chi connectivity index (χ0) is 15.6. The highest BCUT2D eigenvalue weighted by molar-refractivity contribution is 5.95. The van der Waals surface area contributed by atoms with Crippen LogP contribution in [0.1, 0.15) is 50.4 Å². The van der Waals surface area contributed by atoms with Crippen LogP contribution in [0.4, 0.5) is 14.5 Å². The molecule has 5 heteroatoms. The first kappa shape index (κ1) is 15.7. The van der Waals surface area contributed by atoms with Crippen molar-refractivity contribution in [1.29, 1.82) is 0 Å². The van der Waals surface area contributed by atoms with Crippen LogP contribution in [0.25, 0.3) is 0 Å². The van der Waals surface area contributed by atoms with E-state index in [0.29, 0.717) is 13.1 Å². The minimum atomic E-state index is -0.719. The summed E-state index contributed by atoms with van der Waals surface area (Å²) in [6.45, 7) is 6.98. The molecule has 0 spiro atoms. The second-order valence-corrected chi connectivity index (χ2v) is 6.11. The zero-order valence-electron chi connectivity index (χ0n) is 12.8. The summed E-state index contributed by atoms with van der Waals surface area (Å²) in [4.78, 5) is 14.2. The number of benzene rings is 1. The highest BCUT2D eigenvalue weighted by Gasteiger charge is 2.36. The number of amides is 1. The number of hydrogen-bond acceptors (Lipinski definition) is 2. The van der Waals surface area contributed by atoms with E-state index in [4.69, 9.17) is 0 Å². The van der Waals surface area contributed by atoms with Crippen molar-refractivity contribution in [3.05, 3.63) is 29.3 Å². The molecule has 1 aromatic carbocycles. The summed E-state index contributed by atoms with van der Waals surface area (Å²) < 4.78 is 28.0. The Morgan fingerprint density at radius 2 is 1.95 bits per heavy atom. The number of anilines is 1. The molecule has 0 saturated carbocycles. The van der Waals surface area contributed by atoms with Crippen molar-refractivity contribution in [2.45, 2.75) is 45.6 Å². The van der Waals surface area contributed by atoms with E-state index in [1.807, 2.05) is 20.8 Å². The van der Waals surface area contributed by atoms with E-state index < -0.39 is 11.6 Å². The molecular weight excluding hydrogens is 274 g/mol. The fraction of sp³-hybridized carbons (Fsp3) is 0.562. The monoisotopic (exact) mass is 296 g/mol. The smallest absolute Gasteiger partial charge is 0.254 e. The highest BCUT2D eigenvalue weighted by atomic mass is 19.1. The minimum absolute atomic E-state index is 0.0713. The van der Waals surface area contributed by atoms with Crippen LogP contribution in [0, 0.1) is 11.6 Å². The summed E-state index contributed by atoms with van der Waals surface area (Å²) in [6.07, 6.45) is 2.58. The Kier molecular flexibility index (Phi) is 4.49. The van der Waals surface area contributed by atoms with Gasteiger partial charge in [-0.25, -0.2) is 8.78 Å². The molecule has 1 aliphatic rings. The summed E-state index contributed by atoms with van der Waals surface area (Å²) in [5.41, 5.74) is -0.348. The van der Waals surface area contributed by atoms with Gasteiger partial charge in [0.2, 0.25) is 0 Å². The second-order valence-electron chi connectivity index (χ2n) is 6.11. The van der Waals surface area contributed by atoms with E-state index in [-0.39, 0.29) is 22.7 Å². The summed E-state index contributed by atoms with van der Waals surface area (Å²) in [5, 5.41) is 2.71. The van der Waals surface area contributed by atoms with Crippen molar-refractivity contribution in [2.75, 3.05) is 18.4 Å². The maximum atomic E-state index is 14.0. The van der Waals surface area contributed by atoms with Crippen LogP contribution in [0.2, 0.25) is 0 Å². The summed E-state index contributed by atoms with van der Waals surface area (Å²) in [6, 6.07) is 2.25. The van der Waals surface area contributed by atoms with Gasteiger partial charge in [0.1, 0.15) is 17.3 Å². The SMILES string of the molecule is CCCNc1c(F)cc(C(=O)N2CCCC2(C)C)cc1F. The van der Waals surface area contributed by atoms with Gasteiger partial charge < -0.3 is 10.2 Å². The molecule has 116 valence electrons. The molecule has 0 atom stereocenters. The zero-order valence-corrected chi connectivity index (χ0v) is 12.8. The molecular formula is C16H22F2N2O. The molecule has 0 radical (unpaired) electrons. The molecule has 2 rings (SSSR count). The van der Waals surface area contributed by atoms with Gasteiger partial charge in [0.15, 0.2) is 0 Å². The van der Waals surface area contributed by atoms with Crippen LogP contribution in [0.5, 0.6) is 0 Å². The topological polar surface area (TPSA) is 32.3 Å². The largest absolute Gasteiger partial charge is 0.380 e. The van der Waals surface area contributed by atoms with Gasteiger partial charge in [0, 0.05) is 24.2 Å². The molecule has 1 aromatic rings. The third-order valence-electron chi connectivity index (χ3n) is 3.99. The molecule has 0 bridgehead atoms. The van der Waals surface area contributed by atoms with E-state index in [2.05, 4.69) is 5.32 Å². The standard InChI is InChI=1S/C16H22F2N2O/c1-4-7-19-14-12(17)9-11(10-13(14)18)15(21)20-8-5-6-16(20,2)3/h9-10,19H,4-8H2,1-3H3. The first-order valence-corrected chi connectivity index (χ1v) is 7.41. The number of nitrogens with zero attached hydrogens (tertiary/aromatic N) is 1.